The van der Waals surface area contributed by atoms with Gasteiger partial charge in [0, 0.05) is 38.1 Å². The Morgan fingerprint density at radius 2 is 1.67 bits per heavy atom. The van der Waals surface area contributed by atoms with Crippen LogP contribution >= 0.6 is 0 Å². The van der Waals surface area contributed by atoms with Gasteiger partial charge in [-0.1, -0.05) is 30.3 Å². The molecule has 6 heteroatoms. The molecule has 0 unspecified atom stereocenters. The van der Waals surface area contributed by atoms with Gasteiger partial charge in [0.2, 0.25) is 0 Å². The van der Waals surface area contributed by atoms with Crippen molar-refractivity contribution in [2.24, 2.45) is 5.73 Å². The summed E-state index contributed by atoms with van der Waals surface area (Å²) in [6.07, 6.45) is 0.904. The van der Waals surface area contributed by atoms with E-state index in [2.05, 4.69) is 5.32 Å². The van der Waals surface area contributed by atoms with Gasteiger partial charge in [-0.25, -0.2) is 0 Å². The minimum absolute atomic E-state index is 0.576. The molecule has 0 aliphatic carbocycles. The molecule has 0 spiro atoms. The molecule has 1 aromatic carbocycles. The molecule has 0 atom stereocenters. The average molecular weight is 312 g/mol. The highest BCUT2D eigenvalue weighted by atomic mass is 28.4. The fourth-order valence-corrected chi connectivity index (χ4v) is 4.55. The first-order valence-electron chi connectivity index (χ1n) is 7.67. The summed E-state index contributed by atoms with van der Waals surface area (Å²) in [6.45, 7) is 8.07. The van der Waals surface area contributed by atoms with Crippen LogP contribution in [-0.4, -0.2) is 48.3 Å². The van der Waals surface area contributed by atoms with Crippen molar-refractivity contribution in [2.45, 2.75) is 20.3 Å². The average Bonchev–Trinajstić information content (AvgIpc) is 2.52. The van der Waals surface area contributed by atoms with Gasteiger partial charge in [-0.3, -0.25) is 0 Å². The first-order valence-corrected chi connectivity index (χ1v) is 9.39. The molecule has 3 N–H and O–H groups in total. The fraction of sp³-hybridized carbons (Fsp3) is 0.600. The molecule has 0 aliphatic heterocycles. The minimum Gasteiger partial charge on any atom is -0.370 e. The maximum Gasteiger partial charge on any atom is 0.537 e. The van der Waals surface area contributed by atoms with Crippen LogP contribution in [0.2, 0.25) is 0 Å². The van der Waals surface area contributed by atoms with Crippen molar-refractivity contribution in [3.8, 4) is 0 Å². The molecule has 0 radical (unpaired) electrons. The van der Waals surface area contributed by atoms with Gasteiger partial charge >= 0.3 is 8.80 Å². The zero-order valence-electron chi connectivity index (χ0n) is 13.1. The summed E-state index contributed by atoms with van der Waals surface area (Å²) in [7, 11) is -2.79. The van der Waals surface area contributed by atoms with Crippen LogP contribution < -0.4 is 16.2 Å². The Labute approximate surface area is 129 Å². The molecule has 0 saturated carbocycles. The summed E-state index contributed by atoms with van der Waals surface area (Å²) in [5.41, 5.74) is 5.44. The molecule has 0 aromatic heterocycles. The van der Waals surface area contributed by atoms with Gasteiger partial charge in [0.05, 0.1) is 0 Å². The smallest absolute Gasteiger partial charge is 0.370 e. The van der Waals surface area contributed by atoms with Crippen LogP contribution in [0.1, 0.15) is 20.3 Å². The van der Waals surface area contributed by atoms with E-state index in [0.717, 1.165) is 24.7 Å². The Morgan fingerprint density at radius 1 is 1.00 bits per heavy atom. The van der Waals surface area contributed by atoms with E-state index in [9.17, 15) is 0 Å². The van der Waals surface area contributed by atoms with Gasteiger partial charge < -0.3 is 24.3 Å². The molecule has 0 aliphatic rings. The predicted octanol–water partition coefficient (Wildman–Crippen LogP) is 0.861. The van der Waals surface area contributed by atoms with Crippen molar-refractivity contribution in [1.82, 2.24) is 5.32 Å². The minimum atomic E-state index is -2.79. The molecular weight excluding hydrogens is 284 g/mol. The number of hydrogen-bond donors (Lipinski definition) is 2. The quantitative estimate of drug-likeness (QED) is 0.443. The number of rotatable bonds is 12. The summed E-state index contributed by atoms with van der Waals surface area (Å²) in [5.74, 6) is 0. The molecule has 5 nitrogen and oxygen atoms in total. The lowest BCUT2D eigenvalue weighted by atomic mass is 10.4. The molecule has 0 saturated heterocycles. The van der Waals surface area contributed by atoms with Crippen LogP contribution in [0.3, 0.4) is 0 Å². The first-order chi connectivity index (χ1) is 10.3. The first kappa shape index (κ1) is 18.3. The SMILES string of the molecule is CCO[Si](OCC)(OCCCNCCN)c1ccccc1. The summed E-state index contributed by atoms with van der Waals surface area (Å²) in [5, 5.41) is 4.27. The number of hydrogen-bond acceptors (Lipinski definition) is 5. The number of nitrogens with one attached hydrogen (secondary N) is 1. The second kappa shape index (κ2) is 10.9. The normalized spacial score (nSPS) is 11.8. The second-order valence-electron chi connectivity index (χ2n) is 4.53. The maximum absolute atomic E-state index is 6.10. The molecular formula is C15H28N2O3Si. The third-order valence-electron chi connectivity index (χ3n) is 2.91. The molecule has 0 amide bonds. The maximum atomic E-state index is 6.10. The Balaban J connectivity index is 2.63. The summed E-state index contributed by atoms with van der Waals surface area (Å²) in [4.78, 5) is 0. The third kappa shape index (κ3) is 6.25. The largest absolute Gasteiger partial charge is 0.537 e. The Kier molecular flexibility index (Phi) is 9.48. The fourth-order valence-electron chi connectivity index (χ4n) is 2.03. The van der Waals surface area contributed by atoms with Crippen LogP contribution in [0, 0.1) is 0 Å². The standard InChI is InChI=1S/C15H28N2O3Si/c1-3-18-21(19-4-2,15-9-6-5-7-10-15)20-14-8-12-17-13-11-16/h5-7,9-10,17H,3-4,8,11-14,16H2,1-2H3. The van der Waals surface area contributed by atoms with Crippen LogP contribution in [0.25, 0.3) is 0 Å². The summed E-state index contributed by atoms with van der Waals surface area (Å²) in [6, 6.07) is 9.99. The molecule has 21 heavy (non-hydrogen) atoms. The van der Waals surface area contributed by atoms with E-state index in [-0.39, 0.29) is 0 Å². The molecule has 0 fully saturated rings. The van der Waals surface area contributed by atoms with E-state index < -0.39 is 8.80 Å². The van der Waals surface area contributed by atoms with Gasteiger partial charge in [0.15, 0.2) is 0 Å². The Hall–Kier alpha value is -0.763. The van der Waals surface area contributed by atoms with Gasteiger partial charge in [0.25, 0.3) is 0 Å². The van der Waals surface area contributed by atoms with Crippen molar-refractivity contribution >= 4 is 14.0 Å². The van der Waals surface area contributed by atoms with Gasteiger partial charge in [-0.15, -0.1) is 0 Å². The zero-order valence-corrected chi connectivity index (χ0v) is 14.1. The van der Waals surface area contributed by atoms with E-state index in [4.69, 9.17) is 19.0 Å². The topological polar surface area (TPSA) is 65.7 Å². The van der Waals surface area contributed by atoms with Gasteiger partial charge in [-0.2, -0.15) is 0 Å². The lowest BCUT2D eigenvalue weighted by Gasteiger charge is -2.29. The van der Waals surface area contributed by atoms with Crippen LogP contribution in [-0.2, 0) is 13.3 Å². The van der Waals surface area contributed by atoms with Crippen LogP contribution in [0.15, 0.2) is 30.3 Å². The summed E-state index contributed by atoms with van der Waals surface area (Å²) >= 11 is 0. The van der Waals surface area contributed by atoms with Crippen LogP contribution in [0.5, 0.6) is 0 Å². The lowest BCUT2D eigenvalue weighted by molar-refractivity contribution is 0.0805. The van der Waals surface area contributed by atoms with E-state index >= 15 is 0 Å². The Bertz CT molecular complexity index is 359. The molecule has 120 valence electrons. The van der Waals surface area contributed by atoms with Crippen molar-refractivity contribution < 1.29 is 13.3 Å². The van der Waals surface area contributed by atoms with Crippen molar-refractivity contribution in [1.29, 1.82) is 0 Å². The molecule has 0 bridgehead atoms. The monoisotopic (exact) mass is 312 g/mol. The van der Waals surface area contributed by atoms with E-state index in [0.29, 0.717) is 26.4 Å². The van der Waals surface area contributed by atoms with Gasteiger partial charge in [-0.05, 0) is 26.8 Å². The summed E-state index contributed by atoms with van der Waals surface area (Å²) < 4.78 is 18.0. The van der Waals surface area contributed by atoms with Crippen molar-refractivity contribution in [3.05, 3.63) is 30.3 Å². The number of nitrogens with two attached hydrogens (primary N) is 1. The van der Waals surface area contributed by atoms with E-state index in [1.807, 2.05) is 44.2 Å². The van der Waals surface area contributed by atoms with Crippen molar-refractivity contribution in [3.63, 3.8) is 0 Å². The molecule has 1 rings (SSSR count). The Morgan fingerprint density at radius 3 is 2.24 bits per heavy atom. The van der Waals surface area contributed by atoms with Gasteiger partial charge in [0.1, 0.15) is 0 Å². The highest BCUT2D eigenvalue weighted by Crippen LogP contribution is 2.11. The van der Waals surface area contributed by atoms with E-state index in [1.165, 1.54) is 0 Å². The number of benzene rings is 1. The highest BCUT2D eigenvalue weighted by Gasteiger charge is 2.43. The second-order valence-corrected chi connectivity index (χ2v) is 7.08. The van der Waals surface area contributed by atoms with E-state index in [1.54, 1.807) is 0 Å². The molecule has 0 heterocycles. The lowest BCUT2D eigenvalue weighted by Crippen LogP contribution is -2.57. The molecule has 1 aromatic rings. The highest BCUT2D eigenvalue weighted by molar-refractivity contribution is 6.75. The van der Waals surface area contributed by atoms with Crippen molar-refractivity contribution in [2.75, 3.05) is 39.5 Å². The predicted molar refractivity (Wildman–Crippen MR) is 87.6 cm³/mol. The third-order valence-corrected chi connectivity index (χ3v) is 5.87. The van der Waals surface area contributed by atoms with Crippen LogP contribution in [0.4, 0.5) is 0 Å². The zero-order chi connectivity index (χ0) is 15.4.